The van der Waals surface area contributed by atoms with Crippen LogP contribution in [-0.4, -0.2) is 20.7 Å². The molecule has 1 aromatic heterocycles. The van der Waals surface area contributed by atoms with Crippen molar-refractivity contribution in [3.8, 4) is 5.88 Å². The van der Waals surface area contributed by atoms with Crippen LogP contribution in [-0.2, 0) is 4.79 Å². The highest BCUT2D eigenvalue weighted by atomic mass is 32.1. The second kappa shape index (κ2) is 6.89. The van der Waals surface area contributed by atoms with E-state index in [1.807, 2.05) is 38.1 Å². The molecular weight excluding hydrogens is 358 g/mol. The summed E-state index contributed by atoms with van der Waals surface area (Å²) < 4.78 is 1.62. The molecule has 0 spiro atoms. The molecule has 2 aromatic rings. The molecule has 0 radical (unpaired) electrons. The van der Waals surface area contributed by atoms with E-state index in [0.29, 0.717) is 21.1 Å². The van der Waals surface area contributed by atoms with Gasteiger partial charge in [0, 0.05) is 6.08 Å². The maximum Gasteiger partial charge on any atom is 0.326 e. The number of carbonyl (C=O) groups is 1. The number of hydrogen-bond donors (Lipinski definition) is 2. The van der Waals surface area contributed by atoms with Gasteiger partial charge in [0.25, 0.3) is 0 Å². The third-order valence-electron chi connectivity index (χ3n) is 3.75. The van der Waals surface area contributed by atoms with Crippen molar-refractivity contribution in [3.63, 3.8) is 0 Å². The molecule has 6 nitrogen and oxygen atoms in total. The predicted molar refractivity (Wildman–Crippen MR) is 97.7 cm³/mol. The maximum atomic E-state index is 11.6. The van der Waals surface area contributed by atoms with Crippen LogP contribution in [0.25, 0.3) is 6.08 Å². The topological polar surface area (TPSA) is 87.2 Å². The molecule has 2 N–H and O–H groups in total. The van der Waals surface area contributed by atoms with E-state index in [9.17, 15) is 15.0 Å². The van der Waals surface area contributed by atoms with Crippen LogP contribution in [0.15, 0.2) is 40.1 Å². The Labute approximate surface area is 153 Å². The number of benzene rings is 1. The molecule has 2 heterocycles. The van der Waals surface area contributed by atoms with E-state index in [2.05, 4.69) is 9.98 Å². The summed E-state index contributed by atoms with van der Waals surface area (Å²) in [6.07, 6.45) is 2.00. The van der Waals surface area contributed by atoms with Gasteiger partial charge in [0.1, 0.15) is 6.04 Å². The largest absolute Gasteiger partial charge is 0.493 e. The van der Waals surface area contributed by atoms with Crippen molar-refractivity contribution < 1.29 is 15.0 Å². The van der Waals surface area contributed by atoms with E-state index in [-0.39, 0.29) is 11.8 Å². The zero-order valence-electron chi connectivity index (χ0n) is 13.7. The summed E-state index contributed by atoms with van der Waals surface area (Å²) in [4.78, 5) is 20.8. The Bertz CT molecular complexity index is 997. The van der Waals surface area contributed by atoms with Gasteiger partial charge in [-0.25, -0.2) is 14.8 Å². The molecule has 0 bridgehead atoms. The Kier molecular flexibility index (Phi) is 4.82. The lowest BCUT2D eigenvalue weighted by Gasteiger charge is -2.17. The number of para-hydroxylation sites is 2. The summed E-state index contributed by atoms with van der Waals surface area (Å²) in [5.74, 6) is -0.564. The maximum absolute atomic E-state index is 11.6. The highest BCUT2D eigenvalue weighted by molar-refractivity contribution is 7.73. The number of nitrogens with zero attached hydrogens (tertiary/aromatic N) is 3. The zero-order valence-corrected chi connectivity index (χ0v) is 15.3. The highest BCUT2D eigenvalue weighted by Crippen LogP contribution is 2.34. The summed E-state index contributed by atoms with van der Waals surface area (Å²) in [6.45, 7) is 3.86. The van der Waals surface area contributed by atoms with Gasteiger partial charge in [-0.05, 0) is 36.7 Å². The van der Waals surface area contributed by atoms with E-state index >= 15 is 0 Å². The fourth-order valence-electron chi connectivity index (χ4n) is 2.63. The van der Waals surface area contributed by atoms with Crippen molar-refractivity contribution in [2.24, 2.45) is 15.9 Å². The number of aromatic hydroxyl groups is 1. The fourth-order valence-corrected chi connectivity index (χ4v) is 3.97. The lowest BCUT2D eigenvalue weighted by atomic mass is 10.0. The summed E-state index contributed by atoms with van der Waals surface area (Å²) in [6, 6.07) is 6.57. The normalized spacial score (nSPS) is 14.0. The van der Waals surface area contributed by atoms with Crippen molar-refractivity contribution >= 4 is 35.6 Å². The monoisotopic (exact) mass is 375 g/mol. The molecule has 3 rings (SSSR count). The fraction of sp³-hybridized carbons (Fsp3) is 0.294. The minimum atomic E-state index is -1.01. The van der Waals surface area contributed by atoms with Gasteiger partial charge in [-0.1, -0.05) is 26.0 Å². The molecule has 8 heteroatoms. The van der Waals surface area contributed by atoms with Gasteiger partial charge in [-0.3, -0.25) is 4.57 Å². The van der Waals surface area contributed by atoms with Gasteiger partial charge in [-0.2, -0.15) is 0 Å². The second-order valence-corrected chi connectivity index (χ2v) is 7.80. The van der Waals surface area contributed by atoms with Crippen LogP contribution >= 0.6 is 23.6 Å². The van der Waals surface area contributed by atoms with Gasteiger partial charge in [0.15, 0.2) is 9.78 Å². The van der Waals surface area contributed by atoms with Crippen molar-refractivity contribution in [2.75, 3.05) is 0 Å². The minimum absolute atomic E-state index is 0.151. The van der Waals surface area contributed by atoms with Crippen molar-refractivity contribution in [2.45, 2.75) is 26.3 Å². The predicted octanol–water partition coefficient (Wildman–Crippen LogP) is 2.91. The average molecular weight is 375 g/mol. The van der Waals surface area contributed by atoms with Crippen LogP contribution in [0, 0.1) is 9.87 Å². The molecule has 0 amide bonds. The van der Waals surface area contributed by atoms with E-state index in [0.717, 1.165) is 22.1 Å². The Balaban J connectivity index is 2.04. The van der Waals surface area contributed by atoms with Crippen LogP contribution in [0.4, 0.5) is 0 Å². The summed E-state index contributed by atoms with van der Waals surface area (Å²) in [5.41, 5.74) is 0. The molecule has 0 aliphatic carbocycles. The smallest absolute Gasteiger partial charge is 0.326 e. The molecule has 0 saturated carbocycles. The first-order valence-electron chi connectivity index (χ1n) is 7.78. The third-order valence-corrected chi connectivity index (χ3v) is 5.08. The molecular formula is C17H17N3O3S2. The number of aliphatic carboxylic acids is 1. The average Bonchev–Trinajstić information content (AvgIpc) is 3.06. The van der Waals surface area contributed by atoms with Gasteiger partial charge in [0.2, 0.25) is 5.88 Å². The molecule has 1 aliphatic rings. The summed E-state index contributed by atoms with van der Waals surface area (Å²) in [7, 11) is 0. The number of carboxylic acids is 1. The number of hydrogen-bond acceptors (Lipinski definition) is 6. The highest BCUT2D eigenvalue weighted by Gasteiger charge is 2.26. The van der Waals surface area contributed by atoms with Crippen molar-refractivity contribution in [1.29, 1.82) is 0 Å². The van der Waals surface area contributed by atoms with Gasteiger partial charge in [-0.15, -0.1) is 11.3 Å². The molecule has 0 fully saturated rings. The van der Waals surface area contributed by atoms with Crippen LogP contribution in [0.1, 0.15) is 31.2 Å². The molecule has 1 atom stereocenters. The van der Waals surface area contributed by atoms with E-state index in [1.54, 1.807) is 6.08 Å². The van der Waals surface area contributed by atoms with Crippen LogP contribution in [0.2, 0.25) is 0 Å². The van der Waals surface area contributed by atoms with Crippen LogP contribution in [0.3, 0.4) is 0 Å². The lowest BCUT2D eigenvalue weighted by molar-refractivity contribution is -0.141. The van der Waals surface area contributed by atoms with E-state index in [1.165, 1.54) is 4.57 Å². The lowest BCUT2D eigenvalue weighted by Crippen LogP contribution is -2.20. The van der Waals surface area contributed by atoms with Crippen molar-refractivity contribution in [3.05, 3.63) is 49.6 Å². The number of carboxylic acid groups (broad SMARTS) is 1. The Morgan fingerprint density at radius 3 is 2.44 bits per heavy atom. The number of rotatable bonds is 5. The standard InChI is InChI=1S/C17H17N3O3S2/c1-9(2)7-12(16(22)23)20-15(21)13(25-17(20)24)8-14-18-10-5-3-4-6-11(10)19-14/h3-6,8-9,12,21H,7H2,1-2H3,(H,22,23). The first-order chi connectivity index (χ1) is 11.9. The second-order valence-electron chi connectivity index (χ2n) is 6.12. The number of fused-ring (bicyclic) bond motifs is 1. The Morgan fingerprint density at radius 1 is 1.32 bits per heavy atom. The Hall–Kier alpha value is -2.32. The van der Waals surface area contributed by atoms with E-state index in [4.69, 9.17) is 12.2 Å². The Morgan fingerprint density at radius 2 is 1.92 bits per heavy atom. The first-order valence-corrected chi connectivity index (χ1v) is 9.00. The quantitative estimate of drug-likeness (QED) is 0.787. The van der Waals surface area contributed by atoms with Gasteiger partial charge in [0.05, 0.1) is 15.6 Å². The number of thiazole rings is 1. The summed E-state index contributed by atoms with van der Waals surface area (Å²) >= 11 is 6.43. The van der Waals surface area contributed by atoms with Gasteiger partial charge < -0.3 is 10.2 Å². The van der Waals surface area contributed by atoms with Crippen molar-refractivity contribution in [1.82, 2.24) is 4.57 Å². The van der Waals surface area contributed by atoms with Gasteiger partial charge >= 0.3 is 5.97 Å². The minimum Gasteiger partial charge on any atom is -0.493 e. The molecule has 1 unspecified atom stereocenters. The molecule has 1 aliphatic heterocycles. The first kappa shape index (κ1) is 17.5. The summed E-state index contributed by atoms with van der Waals surface area (Å²) in [5, 5.41) is 21.6. The SMILES string of the molecule is CC(C)CC(C(=O)O)n1c(O)c(C=C2N=c3ccccc3=N2)sc1=S. The zero-order chi connectivity index (χ0) is 18.1. The third kappa shape index (κ3) is 3.54. The van der Waals surface area contributed by atoms with Crippen LogP contribution < -0.4 is 10.7 Å². The molecule has 25 heavy (non-hydrogen) atoms. The molecule has 1 aromatic carbocycles. The number of aromatic nitrogens is 1. The molecule has 130 valence electrons. The van der Waals surface area contributed by atoms with Crippen LogP contribution in [0.5, 0.6) is 5.88 Å². The molecule has 0 saturated heterocycles. The van der Waals surface area contributed by atoms with E-state index < -0.39 is 12.0 Å².